The molecule has 4 aromatic rings. The Bertz CT molecular complexity index is 1330. The molecule has 1 aliphatic rings. The first-order valence-electron chi connectivity index (χ1n) is 9.88. The minimum Gasteiger partial charge on any atom is -0.454 e. The Morgan fingerprint density at radius 2 is 1.84 bits per heavy atom. The number of nitrogens with zero attached hydrogens (tertiary/aromatic N) is 1. The molecule has 0 unspecified atom stereocenters. The minimum absolute atomic E-state index is 0.202. The zero-order valence-electron chi connectivity index (χ0n) is 17.1. The van der Waals surface area contributed by atoms with Crippen LogP contribution in [0.1, 0.15) is 32.1 Å². The third kappa shape index (κ3) is 3.24. The second-order valence-electron chi connectivity index (χ2n) is 7.41. The molecule has 0 spiro atoms. The summed E-state index contributed by atoms with van der Waals surface area (Å²) in [5, 5.41) is 0.765. The average molecular weight is 416 g/mol. The minimum atomic E-state index is -0.532. The van der Waals surface area contributed by atoms with Crippen LogP contribution in [0.3, 0.4) is 0 Å². The number of rotatable bonds is 5. The van der Waals surface area contributed by atoms with E-state index in [1.807, 2.05) is 66.9 Å². The van der Waals surface area contributed by atoms with Crippen molar-refractivity contribution in [3.05, 3.63) is 77.2 Å². The number of benzene rings is 2. The third-order valence-electron chi connectivity index (χ3n) is 5.49. The van der Waals surface area contributed by atoms with Gasteiger partial charge in [-0.05, 0) is 38.1 Å². The highest BCUT2D eigenvalue weighted by Gasteiger charge is 2.21. The average Bonchev–Trinajstić information content (AvgIpc) is 3.48. The molecule has 0 aliphatic carbocycles. The largest absolute Gasteiger partial charge is 0.454 e. The van der Waals surface area contributed by atoms with Crippen LogP contribution in [0.5, 0.6) is 11.5 Å². The zero-order valence-corrected chi connectivity index (χ0v) is 17.1. The third-order valence-corrected chi connectivity index (χ3v) is 5.49. The van der Waals surface area contributed by atoms with Crippen LogP contribution in [0.2, 0.25) is 0 Å². The highest BCUT2D eigenvalue weighted by Crippen LogP contribution is 2.35. The maximum absolute atomic E-state index is 12.8. The second kappa shape index (κ2) is 7.36. The number of aromatic nitrogens is 2. The molecule has 0 saturated carbocycles. The van der Waals surface area contributed by atoms with Crippen molar-refractivity contribution in [1.29, 1.82) is 0 Å². The van der Waals surface area contributed by atoms with Gasteiger partial charge in [-0.3, -0.25) is 4.79 Å². The fourth-order valence-electron chi connectivity index (χ4n) is 3.99. The maximum atomic E-state index is 12.8. The van der Waals surface area contributed by atoms with Gasteiger partial charge >= 0.3 is 5.97 Å². The van der Waals surface area contributed by atoms with Crippen LogP contribution in [0.15, 0.2) is 54.7 Å². The summed E-state index contributed by atoms with van der Waals surface area (Å²) in [5.41, 5.74) is 4.30. The van der Waals surface area contributed by atoms with Gasteiger partial charge in [0.2, 0.25) is 12.6 Å². The first kappa shape index (κ1) is 19.0. The van der Waals surface area contributed by atoms with Crippen molar-refractivity contribution >= 4 is 22.7 Å². The molecule has 0 saturated heterocycles. The number of fused-ring (bicyclic) bond motifs is 2. The van der Waals surface area contributed by atoms with E-state index in [0.717, 1.165) is 28.0 Å². The highest BCUT2D eigenvalue weighted by molar-refractivity contribution is 6.05. The van der Waals surface area contributed by atoms with Crippen LogP contribution in [0.25, 0.3) is 16.6 Å². The van der Waals surface area contributed by atoms with Gasteiger partial charge in [-0.2, -0.15) is 0 Å². The molecule has 7 nitrogen and oxygen atoms in total. The molecule has 0 fully saturated rings. The van der Waals surface area contributed by atoms with Crippen LogP contribution >= 0.6 is 0 Å². The SMILES string of the molecule is Cc1cc(C(=O)COC(=O)c2c[nH]c3ccccc23)c(C)n1-c1ccc2c(c1)OCO2. The van der Waals surface area contributed by atoms with Crippen LogP contribution < -0.4 is 9.47 Å². The van der Waals surface area contributed by atoms with Crippen LogP contribution in [0, 0.1) is 13.8 Å². The molecule has 156 valence electrons. The smallest absolute Gasteiger partial charge is 0.340 e. The fourth-order valence-corrected chi connectivity index (χ4v) is 3.99. The molecule has 1 aliphatic heterocycles. The number of aromatic amines is 1. The molecule has 5 rings (SSSR count). The predicted molar refractivity (Wildman–Crippen MR) is 114 cm³/mol. The molecule has 0 amide bonds. The lowest BCUT2D eigenvalue weighted by Gasteiger charge is -2.11. The molecule has 1 N–H and O–H groups in total. The number of H-pyrrole nitrogens is 1. The molecule has 0 radical (unpaired) electrons. The summed E-state index contributed by atoms with van der Waals surface area (Å²) in [4.78, 5) is 28.4. The number of carbonyl (C=O) groups is 2. The number of carbonyl (C=O) groups excluding carboxylic acids is 2. The van der Waals surface area contributed by atoms with E-state index in [2.05, 4.69) is 4.98 Å². The molecule has 7 heteroatoms. The number of ketones is 1. The second-order valence-corrected chi connectivity index (χ2v) is 7.41. The van der Waals surface area contributed by atoms with Crippen LogP contribution in [-0.4, -0.2) is 34.7 Å². The number of aryl methyl sites for hydroxylation is 1. The monoisotopic (exact) mass is 416 g/mol. The summed E-state index contributed by atoms with van der Waals surface area (Å²) in [5.74, 6) is 0.584. The van der Waals surface area contributed by atoms with Crippen LogP contribution in [-0.2, 0) is 4.74 Å². The lowest BCUT2D eigenvalue weighted by atomic mass is 10.1. The van der Waals surface area contributed by atoms with Crippen molar-refractivity contribution in [1.82, 2.24) is 9.55 Å². The fraction of sp³-hybridized carbons (Fsp3) is 0.167. The van der Waals surface area contributed by atoms with Gasteiger partial charge in [0, 0.05) is 45.8 Å². The van der Waals surface area contributed by atoms with Gasteiger partial charge < -0.3 is 23.8 Å². The molecular formula is C24H20N2O5. The molecule has 0 atom stereocenters. The highest BCUT2D eigenvalue weighted by atomic mass is 16.7. The van der Waals surface area contributed by atoms with E-state index in [0.29, 0.717) is 22.6 Å². The van der Waals surface area contributed by atoms with E-state index in [9.17, 15) is 9.59 Å². The summed E-state index contributed by atoms with van der Waals surface area (Å²) >= 11 is 0. The topological polar surface area (TPSA) is 82.6 Å². The number of nitrogens with one attached hydrogen (secondary N) is 1. The Balaban J connectivity index is 1.35. The number of ether oxygens (including phenoxy) is 3. The molecule has 2 aromatic carbocycles. The number of Topliss-reactive ketones (excluding diaryl/α,β-unsaturated/α-hetero) is 1. The summed E-state index contributed by atoms with van der Waals surface area (Å²) in [6.07, 6.45) is 1.60. The first-order valence-corrected chi connectivity index (χ1v) is 9.88. The van der Waals surface area contributed by atoms with E-state index in [-0.39, 0.29) is 19.2 Å². The van der Waals surface area contributed by atoms with Crippen molar-refractivity contribution in [3.8, 4) is 17.2 Å². The summed E-state index contributed by atoms with van der Waals surface area (Å²) in [7, 11) is 0. The summed E-state index contributed by atoms with van der Waals surface area (Å²) in [6, 6.07) is 14.9. The number of esters is 1. The van der Waals surface area contributed by atoms with Crippen molar-refractivity contribution in [2.45, 2.75) is 13.8 Å². The van der Waals surface area contributed by atoms with Gasteiger partial charge in [-0.25, -0.2) is 4.79 Å². The van der Waals surface area contributed by atoms with E-state index in [4.69, 9.17) is 14.2 Å². The first-order chi connectivity index (χ1) is 15.0. The Hall–Kier alpha value is -4.00. The molecule has 31 heavy (non-hydrogen) atoms. The van der Waals surface area contributed by atoms with E-state index < -0.39 is 5.97 Å². The number of hydrogen-bond donors (Lipinski definition) is 1. The lowest BCUT2D eigenvalue weighted by molar-refractivity contribution is 0.0476. The van der Waals surface area contributed by atoms with E-state index in [1.54, 1.807) is 6.20 Å². The standard InChI is InChI=1S/C24H20N2O5/c1-14-9-18(15(2)26(14)16-7-8-22-23(10-16)31-13-30-22)21(27)12-29-24(28)19-11-25-20-6-4-3-5-17(19)20/h3-11,25H,12-13H2,1-2H3. The Labute approximate surface area is 178 Å². The summed E-state index contributed by atoms with van der Waals surface area (Å²) in [6.45, 7) is 3.66. The Morgan fingerprint density at radius 3 is 2.71 bits per heavy atom. The number of hydrogen-bond acceptors (Lipinski definition) is 5. The lowest BCUT2D eigenvalue weighted by Crippen LogP contribution is -2.15. The van der Waals surface area contributed by atoms with Crippen molar-refractivity contribution in [3.63, 3.8) is 0 Å². The van der Waals surface area contributed by atoms with Gasteiger partial charge in [0.1, 0.15) is 0 Å². The van der Waals surface area contributed by atoms with Gasteiger partial charge in [0.15, 0.2) is 18.1 Å². The van der Waals surface area contributed by atoms with E-state index >= 15 is 0 Å². The van der Waals surface area contributed by atoms with Crippen molar-refractivity contribution < 1.29 is 23.8 Å². The molecule has 3 heterocycles. The van der Waals surface area contributed by atoms with Crippen molar-refractivity contribution in [2.75, 3.05) is 13.4 Å². The molecule has 2 aromatic heterocycles. The van der Waals surface area contributed by atoms with Gasteiger partial charge in [-0.1, -0.05) is 18.2 Å². The Kier molecular flexibility index (Phi) is 4.51. The molecular weight excluding hydrogens is 396 g/mol. The van der Waals surface area contributed by atoms with Crippen LogP contribution in [0.4, 0.5) is 0 Å². The summed E-state index contributed by atoms with van der Waals surface area (Å²) < 4.78 is 18.1. The predicted octanol–water partition coefficient (Wildman–Crippen LogP) is 4.34. The zero-order chi connectivity index (χ0) is 21.5. The normalized spacial score (nSPS) is 12.3. The van der Waals surface area contributed by atoms with E-state index in [1.165, 1.54) is 0 Å². The van der Waals surface area contributed by atoms with Gasteiger partial charge in [0.25, 0.3) is 0 Å². The maximum Gasteiger partial charge on any atom is 0.340 e. The van der Waals surface area contributed by atoms with Gasteiger partial charge in [0.05, 0.1) is 5.56 Å². The van der Waals surface area contributed by atoms with Crippen molar-refractivity contribution in [2.24, 2.45) is 0 Å². The molecule has 0 bridgehead atoms. The quantitative estimate of drug-likeness (QED) is 0.386. The van der Waals surface area contributed by atoms with Gasteiger partial charge in [-0.15, -0.1) is 0 Å². The Morgan fingerprint density at radius 1 is 1.03 bits per heavy atom. The number of para-hydroxylation sites is 1.